The molecule has 0 saturated heterocycles. The average molecular weight is 263 g/mol. The topological polar surface area (TPSA) is 57.5 Å². The Morgan fingerprint density at radius 2 is 2.06 bits per heavy atom. The van der Waals surface area contributed by atoms with Gasteiger partial charge in [-0.25, -0.2) is 0 Å². The number of aliphatic hydroxyl groups is 2. The Labute approximate surface area is 104 Å². The second kappa shape index (κ2) is 6.21. The van der Waals surface area contributed by atoms with Crippen molar-refractivity contribution in [2.45, 2.75) is 18.6 Å². The van der Waals surface area contributed by atoms with Gasteiger partial charge in [0.15, 0.2) is 6.29 Å². The molecule has 0 aliphatic rings. The van der Waals surface area contributed by atoms with Crippen LogP contribution < -0.4 is 0 Å². The summed E-state index contributed by atoms with van der Waals surface area (Å²) in [7, 11) is 0. The second-order valence-corrected chi connectivity index (χ2v) is 4.17. The number of carbonyl (C=O) groups is 1. The predicted octanol–water partition coefficient (Wildman–Crippen LogP) is 2.18. The van der Waals surface area contributed by atoms with E-state index in [2.05, 4.69) is 0 Å². The van der Waals surface area contributed by atoms with Crippen LogP contribution in [0.2, 0.25) is 5.02 Å². The first-order valence-electron chi connectivity index (χ1n) is 4.77. The van der Waals surface area contributed by atoms with Crippen molar-refractivity contribution in [2.24, 2.45) is 0 Å². The van der Waals surface area contributed by atoms with E-state index in [4.69, 9.17) is 23.2 Å². The number of aldehydes is 1. The van der Waals surface area contributed by atoms with Crippen LogP contribution in [0.1, 0.15) is 28.4 Å². The minimum atomic E-state index is -1.06. The van der Waals surface area contributed by atoms with Crippen molar-refractivity contribution in [3.63, 3.8) is 0 Å². The van der Waals surface area contributed by atoms with Crippen molar-refractivity contribution >= 4 is 29.5 Å². The van der Waals surface area contributed by atoms with Gasteiger partial charge in [0.2, 0.25) is 0 Å². The first-order valence-corrected chi connectivity index (χ1v) is 5.68. The number of aliphatic hydroxyl groups excluding tert-OH is 2. The molecule has 0 aliphatic carbocycles. The molecule has 0 heterocycles. The van der Waals surface area contributed by atoms with Gasteiger partial charge in [-0.05, 0) is 24.1 Å². The summed E-state index contributed by atoms with van der Waals surface area (Å²) in [4.78, 5) is 10.6. The van der Waals surface area contributed by atoms with Crippen LogP contribution in [0.15, 0.2) is 18.2 Å². The Balaban J connectivity index is 2.91. The monoisotopic (exact) mass is 262 g/mol. The maximum atomic E-state index is 10.6. The molecule has 0 aromatic heterocycles. The zero-order valence-corrected chi connectivity index (χ0v) is 9.95. The van der Waals surface area contributed by atoms with Gasteiger partial charge in [-0.15, -0.1) is 11.6 Å². The van der Waals surface area contributed by atoms with Crippen LogP contribution in [-0.2, 0) is 0 Å². The zero-order chi connectivity index (χ0) is 12.1. The molecule has 1 aromatic carbocycles. The molecule has 0 amide bonds. The molecule has 0 aliphatic heterocycles. The lowest BCUT2D eigenvalue weighted by molar-refractivity contribution is 0.0170. The molecule has 2 unspecified atom stereocenters. The number of hydrogen-bond donors (Lipinski definition) is 2. The molecule has 3 nitrogen and oxygen atoms in total. The summed E-state index contributed by atoms with van der Waals surface area (Å²) in [5, 5.41) is 19.6. The second-order valence-electron chi connectivity index (χ2n) is 3.39. The Kier molecular flexibility index (Phi) is 5.22. The van der Waals surface area contributed by atoms with Crippen LogP contribution in [0.5, 0.6) is 0 Å². The minimum absolute atomic E-state index is 0.256. The van der Waals surface area contributed by atoms with Gasteiger partial charge in [-0.1, -0.05) is 17.7 Å². The van der Waals surface area contributed by atoms with Crippen molar-refractivity contribution in [1.29, 1.82) is 0 Å². The summed E-state index contributed by atoms with van der Waals surface area (Å²) in [5.74, 6) is 0.256. The highest BCUT2D eigenvalue weighted by Crippen LogP contribution is 2.23. The number of alkyl halides is 1. The van der Waals surface area contributed by atoms with Gasteiger partial charge >= 0.3 is 0 Å². The summed E-state index contributed by atoms with van der Waals surface area (Å²) in [6.45, 7) is 0. The maximum Gasteiger partial charge on any atom is 0.151 e. The third-order valence-electron chi connectivity index (χ3n) is 2.26. The number of rotatable bonds is 5. The maximum absolute atomic E-state index is 10.6. The van der Waals surface area contributed by atoms with Gasteiger partial charge < -0.3 is 10.2 Å². The summed E-state index contributed by atoms with van der Waals surface area (Å²) in [5.41, 5.74) is 0.736. The molecule has 2 atom stereocenters. The van der Waals surface area contributed by atoms with Crippen molar-refractivity contribution < 1.29 is 15.0 Å². The first kappa shape index (κ1) is 13.5. The van der Waals surface area contributed by atoms with Crippen molar-refractivity contribution in [1.82, 2.24) is 0 Å². The summed E-state index contributed by atoms with van der Waals surface area (Å²) in [6, 6.07) is 4.53. The molecule has 0 saturated carbocycles. The van der Waals surface area contributed by atoms with E-state index in [1.165, 1.54) is 12.1 Å². The molecule has 0 radical (unpaired) electrons. The van der Waals surface area contributed by atoms with E-state index < -0.39 is 12.2 Å². The first-order chi connectivity index (χ1) is 7.60. The Morgan fingerprint density at radius 3 is 2.62 bits per heavy atom. The number of carbonyl (C=O) groups excluding carboxylic acids is 1. The molecular formula is C11H12Cl2O3. The van der Waals surface area contributed by atoms with Gasteiger partial charge in [0, 0.05) is 11.4 Å². The van der Waals surface area contributed by atoms with E-state index in [1.807, 2.05) is 0 Å². The van der Waals surface area contributed by atoms with E-state index in [0.717, 1.165) is 0 Å². The van der Waals surface area contributed by atoms with Crippen LogP contribution >= 0.6 is 23.2 Å². The Bertz CT molecular complexity index is 368. The van der Waals surface area contributed by atoms with Crippen LogP contribution in [0, 0.1) is 0 Å². The number of hydrogen-bond acceptors (Lipinski definition) is 3. The lowest BCUT2D eigenvalue weighted by Gasteiger charge is -2.17. The third kappa shape index (κ3) is 3.19. The molecule has 0 spiro atoms. The largest absolute Gasteiger partial charge is 0.390 e. The van der Waals surface area contributed by atoms with Gasteiger partial charge in [-0.3, -0.25) is 4.79 Å². The predicted molar refractivity (Wildman–Crippen MR) is 63.1 cm³/mol. The molecule has 0 bridgehead atoms. The highest BCUT2D eigenvalue weighted by molar-refractivity contribution is 6.32. The van der Waals surface area contributed by atoms with Crippen LogP contribution in [0.25, 0.3) is 0 Å². The number of benzene rings is 1. The van der Waals surface area contributed by atoms with Crippen LogP contribution in [-0.4, -0.2) is 28.5 Å². The normalized spacial score (nSPS) is 14.5. The zero-order valence-electron chi connectivity index (χ0n) is 8.44. The number of halogens is 2. The van der Waals surface area contributed by atoms with Gasteiger partial charge in [0.25, 0.3) is 0 Å². The van der Waals surface area contributed by atoms with Gasteiger partial charge in [0.05, 0.1) is 11.1 Å². The lowest BCUT2D eigenvalue weighted by atomic mass is 10.0. The Hall–Kier alpha value is -0.610. The van der Waals surface area contributed by atoms with E-state index in [9.17, 15) is 15.0 Å². The molecule has 2 N–H and O–H groups in total. The standard InChI is InChI=1S/C11H12Cl2O3/c12-4-3-10(15)11(16)7-1-2-9(13)8(5-7)6-14/h1-2,5-6,10-11,15-16H,3-4H2. The van der Waals surface area contributed by atoms with Crippen molar-refractivity contribution in [3.8, 4) is 0 Å². The molecule has 5 heteroatoms. The lowest BCUT2D eigenvalue weighted by Crippen LogP contribution is -2.18. The molecule has 1 aromatic rings. The van der Waals surface area contributed by atoms with Crippen molar-refractivity contribution in [3.05, 3.63) is 34.3 Å². The minimum Gasteiger partial charge on any atom is -0.390 e. The third-order valence-corrected chi connectivity index (χ3v) is 2.82. The molecule has 0 fully saturated rings. The molecule has 1 rings (SSSR count). The molecule has 88 valence electrons. The summed E-state index contributed by atoms with van der Waals surface area (Å²) < 4.78 is 0. The fraction of sp³-hybridized carbons (Fsp3) is 0.364. The van der Waals surface area contributed by atoms with Gasteiger partial charge in [-0.2, -0.15) is 0 Å². The highest BCUT2D eigenvalue weighted by Gasteiger charge is 2.18. The highest BCUT2D eigenvalue weighted by atomic mass is 35.5. The van der Waals surface area contributed by atoms with Crippen molar-refractivity contribution in [2.75, 3.05) is 5.88 Å². The fourth-order valence-corrected chi connectivity index (χ4v) is 1.71. The molecule has 16 heavy (non-hydrogen) atoms. The van der Waals surface area contributed by atoms with E-state index in [0.29, 0.717) is 16.9 Å². The van der Waals surface area contributed by atoms with Gasteiger partial charge in [0.1, 0.15) is 6.10 Å². The smallest absolute Gasteiger partial charge is 0.151 e. The van der Waals surface area contributed by atoms with E-state index >= 15 is 0 Å². The van der Waals surface area contributed by atoms with Crippen LogP contribution in [0.4, 0.5) is 0 Å². The van der Waals surface area contributed by atoms with Crippen LogP contribution in [0.3, 0.4) is 0 Å². The van der Waals surface area contributed by atoms with E-state index in [1.54, 1.807) is 6.07 Å². The SMILES string of the molecule is O=Cc1cc(C(O)C(O)CCCl)ccc1Cl. The molecular weight excluding hydrogens is 251 g/mol. The summed E-state index contributed by atoms with van der Waals surface area (Å²) in [6.07, 6.45) is -1.12. The quantitative estimate of drug-likeness (QED) is 0.632. The summed E-state index contributed by atoms with van der Waals surface area (Å²) >= 11 is 11.2. The average Bonchev–Trinajstić information content (AvgIpc) is 2.29. The fourth-order valence-electron chi connectivity index (χ4n) is 1.33. The Morgan fingerprint density at radius 1 is 1.38 bits per heavy atom. The van der Waals surface area contributed by atoms with E-state index in [-0.39, 0.29) is 17.9 Å².